The highest BCUT2D eigenvalue weighted by atomic mass is 19.4. The van der Waals surface area contributed by atoms with Gasteiger partial charge in [0.15, 0.2) is 0 Å². The second kappa shape index (κ2) is 11.6. The Morgan fingerprint density at radius 2 is 1.48 bits per heavy atom. The van der Waals surface area contributed by atoms with E-state index in [4.69, 9.17) is 0 Å². The molecule has 0 spiro atoms. The Balaban J connectivity index is 1.64. The minimum atomic E-state index is -4.54. The molecule has 0 aliphatic carbocycles. The van der Waals surface area contributed by atoms with Gasteiger partial charge in [-0.25, -0.2) is 4.39 Å². The van der Waals surface area contributed by atoms with E-state index in [-0.39, 0.29) is 36.5 Å². The van der Waals surface area contributed by atoms with E-state index >= 15 is 0 Å². The first-order valence-corrected chi connectivity index (χ1v) is 12.8. The van der Waals surface area contributed by atoms with Gasteiger partial charge in [-0.2, -0.15) is 26.3 Å². The van der Waals surface area contributed by atoms with Crippen molar-refractivity contribution >= 4 is 5.91 Å². The number of nitrogens with zero attached hydrogens (tertiary/aromatic N) is 2. The topological polar surface area (TPSA) is 23.6 Å². The minimum absolute atomic E-state index is 0.170. The molecule has 40 heavy (non-hydrogen) atoms. The molecule has 0 saturated carbocycles. The fourth-order valence-electron chi connectivity index (χ4n) is 5.24. The highest BCUT2D eigenvalue weighted by Gasteiger charge is 2.38. The average Bonchev–Trinajstić information content (AvgIpc) is 3.28. The number of carbonyl (C=O) groups is 1. The molecule has 1 fully saturated rings. The van der Waals surface area contributed by atoms with Crippen LogP contribution in [0.4, 0.5) is 30.7 Å². The summed E-state index contributed by atoms with van der Waals surface area (Å²) >= 11 is 0. The van der Waals surface area contributed by atoms with E-state index in [1.807, 2.05) is 18.7 Å². The summed E-state index contributed by atoms with van der Waals surface area (Å²) in [4.78, 5) is 16.9. The monoisotopic (exact) mass is 566 g/mol. The van der Waals surface area contributed by atoms with E-state index in [9.17, 15) is 35.5 Å². The van der Waals surface area contributed by atoms with Crippen LogP contribution >= 0.6 is 0 Å². The second-order valence-corrected chi connectivity index (χ2v) is 10.4. The van der Waals surface area contributed by atoms with Crippen molar-refractivity contribution in [1.29, 1.82) is 0 Å². The fourth-order valence-corrected chi connectivity index (χ4v) is 5.24. The first-order chi connectivity index (χ1) is 18.7. The van der Waals surface area contributed by atoms with Gasteiger partial charge in [0.25, 0.3) is 5.91 Å². The SMILES string of the molecule is CC(C)N(C[C@H]1CN(Cc2cccc(C(F)(F)F)c2)C[C@H]1c1cccc(C(F)(F)F)c1)C(=O)c1ccc(F)cc1. The van der Waals surface area contributed by atoms with Crippen LogP contribution in [0.15, 0.2) is 72.8 Å². The molecule has 4 rings (SSSR count). The lowest BCUT2D eigenvalue weighted by molar-refractivity contribution is -0.138. The number of halogens is 7. The molecule has 3 nitrogen and oxygen atoms in total. The molecule has 3 aromatic rings. The molecular formula is C30H29F7N2O. The molecule has 1 saturated heterocycles. The number of benzene rings is 3. The fraction of sp³-hybridized carbons (Fsp3) is 0.367. The van der Waals surface area contributed by atoms with Crippen molar-refractivity contribution in [3.63, 3.8) is 0 Å². The van der Waals surface area contributed by atoms with Crippen LogP contribution in [-0.2, 0) is 18.9 Å². The molecule has 0 unspecified atom stereocenters. The van der Waals surface area contributed by atoms with Gasteiger partial charge in [0.2, 0.25) is 0 Å². The minimum Gasteiger partial charge on any atom is -0.336 e. The Morgan fingerprint density at radius 3 is 2.08 bits per heavy atom. The lowest BCUT2D eigenvalue weighted by Crippen LogP contribution is -2.42. The predicted molar refractivity (Wildman–Crippen MR) is 137 cm³/mol. The first-order valence-electron chi connectivity index (χ1n) is 12.8. The molecule has 1 aliphatic heterocycles. The molecule has 0 aromatic heterocycles. The zero-order valence-electron chi connectivity index (χ0n) is 21.9. The zero-order chi connectivity index (χ0) is 29.2. The van der Waals surface area contributed by atoms with Gasteiger partial charge in [0.1, 0.15) is 5.82 Å². The smallest absolute Gasteiger partial charge is 0.336 e. The van der Waals surface area contributed by atoms with Gasteiger partial charge in [-0.3, -0.25) is 9.69 Å². The molecule has 0 bridgehead atoms. The Bertz CT molecular complexity index is 1320. The Morgan fingerprint density at radius 1 is 0.875 bits per heavy atom. The van der Waals surface area contributed by atoms with Gasteiger partial charge in [-0.05, 0) is 67.3 Å². The van der Waals surface area contributed by atoms with Gasteiger partial charge in [0, 0.05) is 43.7 Å². The average molecular weight is 567 g/mol. The highest BCUT2D eigenvalue weighted by molar-refractivity contribution is 5.94. The molecule has 0 radical (unpaired) electrons. The standard InChI is InChI=1S/C30H29F7N2O/c1-19(2)39(28(40)21-9-11-26(31)12-10-21)17-23-16-38(15-20-5-3-7-24(13-20)29(32,33)34)18-27(23)22-6-4-8-25(14-22)30(35,36)37/h3-14,19,23,27H,15-18H2,1-2H3/t23-,27+/m1/s1. The summed E-state index contributed by atoms with van der Waals surface area (Å²) in [5, 5.41) is 0. The van der Waals surface area contributed by atoms with Gasteiger partial charge >= 0.3 is 12.4 Å². The first kappa shape index (κ1) is 29.6. The Kier molecular flexibility index (Phi) is 8.58. The molecule has 10 heteroatoms. The summed E-state index contributed by atoms with van der Waals surface area (Å²) in [7, 11) is 0. The third kappa shape index (κ3) is 7.02. The molecule has 1 heterocycles. The molecule has 0 N–H and O–H groups in total. The van der Waals surface area contributed by atoms with E-state index in [0.717, 1.165) is 24.3 Å². The number of alkyl halides is 6. The maximum Gasteiger partial charge on any atom is 0.416 e. The van der Waals surface area contributed by atoms with Crippen molar-refractivity contribution in [1.82, 2.24) is 9.80 Å². The highest BCUT2D eigenvalue weighted by Crippen LogP contribution is 2.38. The van der Waals surface area contributed by atoms with Gasteiger partial charge in [0.05, 0.1) is 11.1 Å². The molecule has 2 atom stereocenters. The van der Waals surface area contributed by atoms with Crippen molar-refractivity contribution in [2.24, 2.45) is 5.92 Å². The summed E-state index contributed by atoms with van der Waals surface area (Å²) in [6, 6.07) is 14.9. The van der Waals surface area contributed by atoms with E-state index in [0.29, 0.717) is 24.2 Å². The maximum atomic E-state index is 13.5. The van der Waals surface area contributed by atoms with E-state index in [1.165, 1.54) is 36.4 Å². The lowest BCUT2D eigenvalue weighted by Gasteiger charge is -2.32. The quantitative estimate of drug-likeness (QED) is 0.275. The van der Waals surface area contributed by atoms with Crippen LogP contribution in [0.3, 0.4) is 0 Å². The number of rotatable bonds is 7. The number of hydrogen-bond donors (Lipinski definition) is 0. The lowest BCUT2D eigenvalue weighted by atomic mass is 9.87. The van der Waals surface area contributed by atoms with Crippen LogP contribution in [-0.4, -0.2) is 41.4 Å². The summed E-state index contributed by atoms with van der Waals surface area (Å²) in [6.07, 6.45) is -9.03. The Hall–Kier alpha value is -3.40. The van der Waals surface area contributed by atoms with Crippen molar-refractivity contribution in [3.05, 3.63) is 106 Å². The molecule has 214 valence electrons. The van der Waals surface area contributed by atoms with Crippen LogP contribution in [0.25, 0.3) is 0 Å². The van der Waals surface area contributed by atoms with Gasteiger partial charge in [-0.1, -0.05) is 36.4 Å². The molecular weight excluding hydrogens is 537 g/mol. The third-order valence-electron chi connectivity index (χ3n) is 7.23. The van der Waals surface area contributed by atoms with E-state index in [1.54, 1.807) is 17.0 Å². The largest absolute Gasteiger partial charge is 0.416 e. The van der Waals surface area contributed by atoms with E-state index < -0.39 is 35.2 Å². The van der Waals surface area contributed by atoms with Crippen molar-refractivity contribution in [3.8, 4) is 0 Å². The summed E-state index contributed by atoms with van der Waals surface area (Å²) in [6.45, 7) is 4.67. The van der Waals surface area contributed by atoms with Crippen LogP contribution in [0.1, 0.15) is 52.4 Å². The second-order valence-electron chi connectivity index (χ2n) is 10.4. The van der Waals surface area contributed by atoms with E-state index in [2.05, 4.69) is 0 Å². The zero-order valence-corrected chi connectivity index (χ0v) is 21.9. The Labute approximate surface area is 228 Å². The number of hydrogen-bond acceptors (Lipinski definition) is 2. The molecule has 3 aromatic carbocycles. The molecule has 1 aliphatic rings. The summed E-state index contributed by atoms with van der Waals surface area (Å²) in [5.74, 6) is -1.54. The summed E-state index contributed by atoms with van der Waals surface area (Å²) < 4.78 is 93.7. The number of likely N-dealkylation sites (tertiary alicyclic amines) is 1. The van der Waals surface area contributed by atoms with Crippen LogP contribution in [0, 0.1) is 11.7 Å². The van der Waals surface area contributed by atoms with Crippen molar-refractivity contribution < 1.29 is 35.5 Å². The normalized spacial score (nSPS) is 18.4. The van der Waals surface area contributed by atoms with Crippen LogP contribution in [0.2, 0.25) is 0 Å². The van der Waals surface area contributed by atoms with Crippen molar-refractivity contribution in [2.75, 3.05) is 19.6 Å². The van der Waals surface area contributed by atoms with Gasteiger partial charge < -0.3 is 4.90 Å². The summed E-state index contributed by atoms with van der Waals surface area (Å²) in [5.41, 5.74) is -0.399. The molecule has 1 amide bonds. The maximum absolute atomic E-state index is 13.5. The third-order valence-corrected chi connectivity index (χ3v) is 7.23. The van der Waals surface area contributed by atoms with Crippen LogP contribution in [0.5, 0.6) is 0 Å². The number of amides is 1. The predicted octanol–water partition coefficient (Wildman–Crippen LogP) is 7.63. The number of carbonyl (C=O) groups excluding carboxylic acids is 1. The van der Waals surface area contributed by atoms with Gasteiger partial charge in [-0.15, -0.1) is 0 Å². The van der Waals surface area contributed by atoms with Crippen LogP contribution < -0.4 is 0 Å². The van der Waals surface area contributed by atoms with Crippen molar-refractivity contribution in [2.45, 2.75) is 44.7 Å².